The highest BCUT2D eigenvalue weighted by molar-refractivity contribution is 9.11. The van der Waals surface area contributed by atoms with E-state index in [1.807, 2.05) is 6.20 Å². The van der Waals surface area contributed by atoms with Crippen molar-refractivity contribution in [1.29, 1.82) is 0 Å². The molecule has 13 heteroatoms. The van der Waals surface area contributed by atoms with Crippen LogP contribution in [-0.2, 0) is 12.8 Å². The monoisotopic (exact) mass is 834 g/mol. The highest BCUT2D eigenvalue weighted by Gasteiger charge is 2.12. The standard InChI is InChI=1S/C20H18F3NOS.C12H7F3O.C8H12BrNS/c1-2-3-4-5-15-12-24-20(26-15)25-19-9-7-14(11-18(19)23)13-6-8-16(21)17(22)10-13;13-9-3-1-7(5-10(9)14)8-2-4-12(16)11(15)6-8;1-2-3-4-5-7-6-10-8(9)11-7/h6-12H,2-5H2,1H3;1-6,16H;6H,2-5H2,1H3. The second-order valence-corrected chi connectivity index (χ2v) is 15.2. The van der Waals surface area contributed by atoms with E-state index in [9.17, 15) is 26.3 Å². The lowest BCUT2D eigenvalue weighted by Gasteiger charge is -2.07. The van der Waals surface area contributed by atoms with Crippen LogP contribution in [-0.4, -0.2) is 15.1 Å². The van der Waals surface area contributed by atoms with Crippen molar-refractivity contribution in [2.24, 2.45) is 0 Å². The first-order valence-electron chi connectivity index (χ1n) is 16.9. The predicted octanol–water partition coefficient (Wildman–Crippen LogP) is 13.9. The number of nitrogens with zero attached hydrogens (tertiary/aromatic N) is 2. The van der Waals surface area contributed by atoms with Crippen molar-refractivity contribution >= 4 is 38.6 Å². The van der Waals surface area contributed by atoms with Crippen molar-refractivity contribution in [2.45, 2.75) is 65.2 Å². The maximum atomic E-state index is 14.3. The van der Waals surface area contributed by atoms with Crippen molar-refractivity contribution in [2.75, 3.05) is 0 Å². The summed E-state index contributed by atoms with van der Waals surface area (Å²) in [5, 5.41) is 9.37. The van der Waals surface area contributed by atoms with Gasteiger partial charge in [-0.2, -0.15) is 0 Å². The molecule has 53 heavy (non-hydrogen) atoms. The molecule has 0 aliphatic carbocycles. The van der Waals surface area contributed by atoms with Gasteiger partial charge in [-0.15, -0.1) is 11.3 Å². The van der Waals surface area contributed by atoms with Gasteiger partial charge in [0.15, 0.2) is 50.3 Å². The summed E-state index contributed by atoms with van der Waals surface area (Å²) in [5.41, 5.74) is 1.54. The molecule has 0 aliphatic heterocycles. The van der Waals surface area contributed by atoms with Gasteiger partial charge in [-0.05, 0) is 112 Å². The Morgan fingerprint density at radius 1 is 0.566 bits per heavy atom. The van der Waals surface area contributed by atoms with Crippen LogP contribution in [0.15, 0.2) is 89.1 Å². The summed E-state index contributed by atoms with van der Waals surface area (Å²) in [7, 11) is 0. The van der Waals surface area contributed by atoms with Crippen LogP contribution in [0.1, 0.15) is 62.1 Å². The van der Waals surface area contributed by atoms with Gasteiger partial charge >= 0.3 is 0 Å². The number of thiazole rings is 2. The van der Waals surface area contributed by atoms with Crippen molar-refractivity contribution in [1.82, 2.24) is 9.97 Å². The summed E-state index contributed by atoms with van der Waals surface area (Å²) in [6, 6.07) is 14.7. The largest absolute Gasteiger partial charge is 0.505 e. The molecule has 0 atom stereocenters. The molecule has 0 saturated carbocycles. The molecule has 2 heterocycles. The quantitative estimate of drug-likeness (QED) is 0.0985. The zero-order valence-corrected chi connectivity index (χ0v) is 32.2. The summed E-state index contributed by atoms with van der Waals surface area (Å²) < 4.78 is 85.9. The Hall–Kier alpha value is -4.20. The van der Waals surface area contributed by atoms with Crippen LogP contribution in [0.25, 0.3) is 22.3 Å². The topological polar surface area (TPSA) is 55.2 Å². The predicted molar refractivity (Wildman–Crippen MR) is 204 cm³/mol. The smallest absolute Gasteiger partial charge is 0.278 e. The average molecular weight is 836 g/mol. The number of phenols is 1. The molecule has 0 radical (unpaired) electrons. The molecule has 2 aromatic heterocycles. The minimum atomic E-state index is -0.994. The third-order valence-electron chi connectivity index (χ3n) is 7.69. The van der Waals surface area contributed by atoms with Crippen LogP contribution >= 0.6 is 38.6 Å². The number of aryl methyl sites for hydroxylation is 2. The van der Waals surface area contributed by atoms with E-state index in [-0.39, 0.29) is 5.75 Å². The number of unbranched alkanes of at least 4 members (excludes halogenated alkanes) is 4. The average Bonchev–Trinajstić information content (AvgIpc) is 3.78. The second kappa shape index (κ2) is 20.9. The Balaban J connectivity index is 0.000000197. The normalized spacial score (nSPS) is 10.7. The first-order valence-corrected chi connectivity index (χ1v) is 19.3. The summed E-state index contributed by atoms with van der Waals surface area (Å²) >= 11 is 6.49. The Kier molecular flexibility index (Phi) is 16.4. The maximum absolute atomic E-state index is 14.3. The van der Waals surface area contributed by atoms with E-state index in [1.54, 1.807) is 23.6 Å². The molecule has 6 rings (SSSR count). The lowest BCUT2D eigenvalue weighted by Crippen LogP contribution is -1.90. The summed E-state index contributed by atoms with van der Waals surface area (Å²) in [5.74, 6) is -5.68. The molecule has 0 spiro atoms. The summed E-state index contributed by atoms with van der Waals surface area (Å²) in [4.78, 5) is 10.8. The molecule has 0 unspecified atom stereocenters. The van der Waals surface area contributed by atoms with Crippen molar-refractivity contribution in [3.05, 3.63) is 134 Å². The van der Waals surface area contributed by atoms with Gasteiger partial charge in [-0.25, -0.2) is 36.3 Å². The van der Waals surface area contributed by atoms with Gasteiger partial charge in [0, 0.05) is 22.1 Å². The molecule has 6 aromatic rings. The number of aromatic nitrogens is 2. The van der Waals surface area contributed by atoms with Gasteiger partial charge in [0.05, 0.1) is 0 Å². The number of aromatic hydroxyl groups is 1. The molecule has 4 nitrogen and oxygen atoms in total. The van der Waals surface area contributed by atoms with Crippen LogP contribution in [0, 0.1) is 34.9 Å². The first-order chi connectivity index (χ1) is 25.5. The number of halogens is 7. The Bertz CT molecular complexity index is 2020. The number of benzene rings is 4. The minimum absolute atomic E-state index is 0.0470. The lowest BCUT2D eigenvalue weighted by molar-refractivity contribution is 0.432. The molecule has 4 aromatic carbocycles. The van der Waals surface area contributed by atoms with Crippen molar-refractivity contribution < 1.29 is 36.2 Å². The van der Waals surface area contributed by atoms with Gasteiger partial charge in [0.2, 0.25) is 0 Å². The molecule has 0 aliphatic rings. The zero-order valence-electron chi connectivity index (χ0n) is 29.0. The highest BCUT2D eigenvalue weighted by atomic mass is 79.9. The molecule has 0 bridgehead atoms. The van der Waals surface area contributed by atoms with Crippen LogP contribution in [0.2, 0.25) is 0 Å². The van der Waals surface area contributed by atoms with E-state index in [0.29, 0.717) is 27.4 Å². The number of phenolic OH excluding ortho intramolecular Hbond substituents is 1. The van der Waals surface area contributed by atoms with Crippen LogP contribution < -0.4 is 4.74 Å². The molecule has 0 fully saturated rings. The van der Waals surface area contributed by atoms with E-state index in [4.69, 9.17) is 9.84 Å². The number of rotatable bonds is 12. The first kappa shape index (κ1) is 41.6. The van der Waals surface area contributed by atoms with E-state index in [1.165, 1.54) is 72.2 Å². The van der Waals surface area contributed by atoms with Gasteiger partial charge < -0.3 is 9.84 Å². The fourth-order valence-corrected chi connectivity index (χ4v) is 7.06. The SMILES string of the molecule is CCCCCc1cnc(Br)s1.CCCCCc1cnc(Oc2ccc(-c3ccc(F)c(F)c3)cc2F)s1.Oc1ccc(-c2ccc(F)c(F)c2)cc1F. The zero-order chi connectivity index (χ0) is 38.3. The Morgan fingerprint density at radius 3 is 1.51 bits per heavy atom. The molecular weight excluding hydrogens is 798 g/mol. The van der Waals surface area contributed by atoms with E-state index < -0.39 is 40.7 Å². The van der Waals surface area contributed by atoms with E-state index in [0.717, 1.165) is 70.9 Å². The number of hydrogen-bond acceptors (Lipinski definition) is 6. The highest BCUT2D eigenvalue weighted by Crippen LogP contribution is 2.32. The van der Waals surface area contributed by atoms with Crippen LogP contribution in [0.3, 0.4) is 0 Å². The molecule has 0 amide bonds. The fourth-order valence-electron chi connectivity index (χ4n) is 4.85. The molecule has 1 N–H and O–H groups in total. The Morgan fingerprint density at radius 2 is 1.04 bits per heavy atom. The fraction of sp³-hybridized carbons (Fsp3) is 0.250. The Labute approximate surface area is 321 Å². The minimum Gasteiger partial charge on any atom is -0.505 e. The summed E-state index contributed by atoms with van der Waals surface area (Å²) in [6.07, 6.45) is 13.2. The van der Waals surface area contributed by atoms with Gasteiger partial charge in [-0.1, -0.05) is 75.1 Å². The van der Waals surface area contributed by atoms with Crippen LogP contribution in [0.4, 0.5) is 26.3 Å². The second-order valence-electron chi connectivity index (χ2n) is 11.8. The summed E-state index contributed by atoms with van der Waals surface area (Å²) in [6.45, 7) is 4.37. The molecule has 280 valence electrons. The third-order valence-corrected chi connectivity index (χ3v) is 10.2. The van der Waals surface area contributed by atoms with Crippen molar-refractivity contribution in [3.8, 4) is 38.9 Å². The van der Waals surface area contributed by atoms with E-state index in [2.05, 4.69) is 39.7 Å². The molecule has 0 saturated heterocycles. The maximum Gasteiger partial charge on any atom is 0.278 e. The van der Waals surface area contributed by atoms with Gasteiger partial charge in [0.1, 0.15) is 0 Å². The number of ether oxygens (including phenoxy) is 1. The lowest BCUT2D eigenvalue weighted by atomic mass is 10.1. The van der Waals surface area contributed by atoms with Gasteiger partial charge in [0.25, 0.3) is 5.19 Å². The van der Waals surface area contributed by atoms with Crippen LogP contribution in [0.5, 0.6) is 16.7 Å². The molecular formula is C40H37BrF6N2O2S2. The van der Waals surface area contributed by atoms with Gasteiger partial charge in [-0.3, -0.25) is 0 Å². The van der Waals surface area contributed by atoms with E-state index >= 15 is 0 Å². The number of hydrogen-bond donors (Lipinski definition) is 1. The van der Waals surface area contributed by atoms with Crippen molar-refractivity contribution in [3.63, 3.8) is 0 Å². The third kappa shape index (κ3) is 13.0.